The molecule has 6 heteroatoms. The predicted octanol–water partition coefficient (Wildman–Crippen LogP) is 3.92. The van der Waals surface area contributed by atoms with Crippen LogP contribution in [-0.2, 0) is 9.53 Å². The zero-order chi connectivity index (χ0) is 19.3. The first-order valence-corrected chi connectivity index (χ1v) is 9.79. The van der Waals surface area contributed by atoms with Crippen molar-refractivity contribution in [1.82, 2.24) is 4.98 Å². The van der Waals surface area contributed by atoms with Crippen molar-refractivity contribution in [1.29, 1.82) is 5.26 Å². The first kappa shape index (κ1) is 18.5. The number of aromatic nitrogens is 1. The van der Waals surface area contributed by atoms with Crippen LogP contribution in [0.15, 0.2) is 36.5 Å². The van der Waals surface area contributed by atoms with Crippen LogP contribution in [0, 0.1) is 17.2 Å². The Balaban J connectivity index is 1.51. The maximum Gasteiger partial charge on any atom is 0.228 e. The highest BCUT2D eigenvalue weighted by atomic mass is 16.5. The van der Waals surface area contributed by atoms with Crippen LogP contribution in [0.4, 0.5) is 5.82 Å². The van der Waals surface area contributed by atoms with E-state index in [1.165, 1.54) is 0 Å². The van der Waals surface area contributed by atoms with Gasteiger partial charge in [0.05, 0.1) is 18.8 Å². The van der Waals surface area contributed by atoms with Gasteiger partial charge in [-0.1, -0.05) is 12.5 Å². The van der Waals surface area contributed by atoms with Crippen LogP contribution < -0.4 is 10.1 Å². The molecule has 2 aromatic rings. The largest absolute Gasteiger partial charge is 0.489 e. The van der Waals surface area contributed by atoms with Crippen molar-refractivity contribution in [2.75, 3.05) is 18.5 Å². The highest BCUT2D eigenvalue weighted by Gasteiger charge is 2.25. The number of amides is 1. The Labute approximate surface area is 164 Å². The molecule has 0 bridgehead atoms. The van der Waals surface area contributed by atoms with E-state index in [1.807, 2.05) is 30.3 Å². The highest BCUT2D eigenvalue weighted by molar-refractivity contribution is 5.92. The van der Waals surface area contributed by atoms with E-state index in [2.05, 4.69) is 16.4 Å². The molecule has 144 valence electrons. The molecular formula is C22H23N3O3. The lowest BCUT2D eigenvalue weighted by atomic mass is 9.85. The highest BCUT2D eigenvalue weighted by Crippen LogP contribution is 2.30. The SMILES string of the molecule is N#Cc1cc(-c2ccnc(NC(=O)C3CCC3)c2)ccc1OC1CCOCC1. The molecule has 1 saturated heterocycles. The third-order valence-corrected chi connectivity index (χ3v) is 5.38. The van der Waals surface area contributed by atoms with E-state index in [0.29, 0.717) is 30.3 Å². The predicted molar refractivity (Wildman–Crippen MR) is 105 cm³/mol. The van der Waals surface area contributed by atoms with Gasteiger partial charge in [0.1, 0.15) is 23.7 Å². The quantitative estimate of drug-likeness (QED) is 0.854. The van der Waals surface area contributed by atoms with Gasteiger partial charge in [-0.05, 0) is 48.2 Å². The van der Waals surface area contributed by atoms with Crippen LogP contribution >= 0.6 is 0 Å². The summed E-state index contributed by atoms with van der Waals surface area (Å²) in [6, 6.07) is 11.5. The van der Waals surface area contributed by atoms with Gasteiger partial charge in [0.15, 0.2) is 0 Å². The number of pyridine rings is 1. The summed E-state index contributed by atoms with van der Waals surface area (Å²) in [6.45, 7) is 1.38. The maximum absolute atomic E-state index is 12.2. The number of nitrogens with one attached hydrogen (secondary N) is 1. The Hall–Kier alpha value is -2.91. The fourth-order valence-electron chi connectivity index (χ4n) is 3.45. The summed E-state index contributed by atoms with van der Waals surface area (Å²) in [6.07, 6.45) is 6.44. The Morgan fingerprint density at radius 2 is 1.93 bits per heavy atom. The number of anilines is 1. The van der Waals surface area contributed by atoms with Crippen molar-refractivity contribution in [2.45, 2.75) is 38.2 Å². The van der Waals surface area contributed by atoms with E-state index in [0.717, 1.165) is 43.2 Å². The van der Waals surface area contributed by atoms with Gasteiger partial charge >= 0.3 is 0 Å². The van der Waals surface area contributed by atoms with Crippen LogP contribution in [0.3, 0.4) is 0 Å². The van der Waals surface area contributed by atoms with Crippen molar-refractivity contribution >= 4 is 11.7 Å². The first-order valence-electron chi connectivity index (χ1n) is 9.79. The lowest BCUT2D eigenvalue weighted by Crippen LogP contribution is -2.28. The van der Waals surface area contributed by atoms with E-state index < -0.39 is 0 Å². The van der Waals surface area contributed by atoms with Crippen LogP contribution in [-0.4, -0.2) is 30.2 Å². The summed E-state index contributed by atoms with van der Waals surface area (Å²) >= 11 is 0. The second-order valence-electron chi connectivity index (χ2n) is 7.30. The molecule has 6 nitrogen and oxygen atoms in total. The average molecular weight is 377 g/mol. The molecule has 0 atom stereocenters. The van der Waals surface area contributed by atoms with Crippen LogP contribution in [0.1, 0.15) is 37.7 Å². The number of nitriles is 1. The molecule has 0 unspecified atom stereocenters. The smallest absolute Gasteiger partial charge is 0.228 e. The molecule has 0 spiro atoms. The Morgan fingerprint density at radius 1 is 1.14 bits per heavy atom. The average Bonchev–Trinajstić information content (AvgIpc) is 2.68. The lowest BCUT2D eigenvalue weighted by molar-refractivity contribution is -0.122. The summed E-state index contributed by atoms with van der Waals surface area (Å²) in [4.78, 5) is 16.4. The zero-order valence-corrected chi connectivity index (χ0v) is 15.7. The van der Waals surface area contributed by atoms with E-state index in [4.69, 9.17) is 9.47 Å². The molecule has 1 saturated carbocycles. The number of hydrogen-bond acceptors (Lipinski definition) is 5. The first-order chi connectivity index (χ1) is 13.7. The molecule has 1 aromatic heterocycles. The number of carbonyl (C=O) groups excluding carboxylic acids is 1. The number of rotatable bonds is 5. The fourth-order valence-corrected chi connectivity index (χ4v) is 3.45. The van der Waals surface area contributed by atoms with Crippen LogP contribution in [0.25, 0.3) is 11.1 Å². The van der Waals surface area contributed by atoms with E-state index in [1.54, 1.807) is 6.20 Å². The molecule has 2 heterocycles. The van der Waals surface area contributed by atoms with E-state index in [-0.39, 0.29) is 17.9 Å². The van der Waals surface area contributed by atoms with Crippen LogP contribution in [0.2, 0.25) is 0 Å². The van der Waals surface area contributed by atoms with Gasteiger partial charge in [0.2, 0.25) is 5.91 Å². The minimum atomic E-state index is 0.0359. The fraction of sp³-hybridized carbons (Fsp3) is 0.409. The topological polar surface area (TPSA) is 84.2 Å². The van der Waals surface area contributed by atoms with Crippen molar-refractivity contribution in [3.63, 3.8) is 0 Å². The number of hydrogen-bond donors (Lipinski definition) is 1. The van der Waals surface area contributed by atoms with E-state index >= 15 is 0 Å². The summed E-state index contributed by atoms with van der Waals surface area (Å²) in [5.41, 5.74) is 2.28. The van der Waals surface area contributed by atoms with Gasteiger partial charge < -0.3 is 14.8 Å². The second kappa shape index (κ2) is 8.41. The molecule has 28 heavy (non-hydrogen) atoms. The van der Waals surface area contributed by atoms with Crippen LogP contribution in [0.5, 0.6) is 5.75 Å². The summed E-state index contributed by atoms with van der Waals surface area (Å²) in [5, 5.41) is 12.5. The van der Waals surface area contributed by atoms with Gasteiger partial charge in [0, 0.05) is 25.0 Å². The number of nitrogens with zero attached hydrogens (tertiary/aromatic N) is 2. The minimum Gasteiger partial charge on any atom is -0.489 e. The standard InChI is InChI=1S/C22H23N3O3/c23-14-18-12-16(4-5-20(18)28-19-7-10-27-11-8-19)17-6-9-24-21(13-17)25-22(26)15-2-1-3-15/h4-6,9,12-13,15,19H,1-3,7-8,10-11H2,(H,24,25,26). The second-order valence-corrected chi connectivity index (χ2v) is 7.30. The Morgan fingerprint density at radius 3 is 2.64 bits per heavy atom. The molecule has 1 aliphatic heterocycles. The summed E-state index contributed by atoms with van der Waals surface area (Å²) in [7, 11) is 0. The normalized spacial score (nSPS) is 17.4. The number of carbonyl (C=O) groups is 1. The molecule has 0 radical (unpaired) electrons. The molecule has 2 aliphatic rings. The molecule has 2 fully saturated rings. The third-order valence-electron chi connectivity index (χ3n) is 5.38. The number of ether oxygens (including phenoxy) is 2. The molecular weight excluding hydrogens is 354 g/mol. The third kappa shape index (κ3) is 4.15. The molecule has 1 N–H and O–H groups in total. The molecule has 4 rings (SSSR count). The Bertz CT molecular complexity index is 896. The van der Waals surface area contributed by atoms with Gasteiger partial charge in [0.25, 0.3) is 0 Å². The van der Waals surface area contributed by atoms with Gasteiger partial charge in [-0.25, -0.2) is 4.98 Å². The van der Waals surface area contributed by atoms with Gasteiger partial charge in [-0.3, -0.25) is 4.79 Å². The maximum atomic E-state index is 12.2. The van der Waals surface area contributed by atoms with Crippen molar-refractivity contribution in [3.8, 4) is 22.9 Å². The van der Waals surface area contributed by atoms with Crippen molar-refractivity contribution in [3.05, 3.63) is 42.1 Å². The van der Waals surface area contributed by atoms with Gasteiger partial charge in [-0.2, -0.15) is 5.26 Å². The summed E-state index contributed by atoms with van der Waals surface area (Å²) < 4.78 is 11.4. The number of benzene rings is 1. The molecule has 1 amide bonds. The van der Waals surface area contributed by atoms with Crippen molar-refractivity contribution in [2.24, 2.45) is 5.92 Å². The van der Waals surface area contributed by atoms with Gasteiger partial charge in [-0.15, -0.1) is 0 Å². The van der Waals surface area contributed by atoms with Crippen molar-refractivity contribution < 1.29 is 14.3 Å². The lowest BCUT2D eigenvalue weighted by Gasteiger charge is -2.24. The Kier molecular flexibility index (Phi) is 5.54. The van der Waals surface area contributed by atoms with E-state index in [9.17, 15) is 10.1 Å². The summed E-state index contributed by atoms with van der Waals surface area (Å²) in [5.74, 6) is 1.28. The molecule has 1 aliphatic carbocycles. The molecule has 1 aromatic carbocycles. The monoisotopic (exact) mass is 377 g/mol. The zero-order valence-electron chi connectivity index (χ0n) is 15.7. The minimum absolute atomic E-state index is 0.0359.